The second-order valence-corrected chi connectivity index (χ2v) is 5.73. The molecule has 140 valence electrons. The van der Waals surface area contributed by atoms with Crippen molar-refractivity contribution in [1.82, 2.24) is 0 Å². The van der Waals surface area contributed by atoms with Gasteiger partial charge in [-0.2, -0.15) is 13.2 Å². The van der Waals surface area contributed by atoms with E-state index in [2.05, 4.69) is 10.1 Å². The number of amides is 1. The number of methoxy groups -OCH3 is 1. The van der Waals surface area contributed by atoms with Crippen molar-refractivity contribution in [1.29, 1.82) is 0 Å². The minimum Gasteiger partial charge on any atom is -0.489 e. The molecule has 0 heterocycles. The molecule has 0 bridgehead atoms. The molecule has 0 aliphatic heterocycles. The number of carbonyl (C=O) groups is 1. The van der Waals surface area contributed by atoms with Crippen LogP contribution in [0.3, 0.4) is 0 Å². The standard InChI is InChI=1S/C19H20F3NO3/c1-4-13-5-8-17(12(2)9-13)26-11-14-10-15(19(20,21)22)6-7-16(14)23-18(24)25-3/h5-10H,4,11H2,1-3H3,(H,23,24). The van der Waals surface area contributed by atoms with Gasteiger partial charge in [0.05, 0.1) is 18.4 Å². The molecule has 7 heteroatoms. The zero-order chi connectivity index (χ0) is 19.3. The smallest absolute Gasteiger partial charge is 0.416 e. The molecule has 0 unspecified atom stereocenters. The van der Waals surface area contributed by atoms with Gasteiger partial charge in [0, 0.05) is 5.56 Å². The number of hydrogen-bond donors (Lipinski definition) is 1. The van der Waals surface area contributed by atoms with Crippen LogP contribution < -0.4 is 10.1 Å². The second-order valence-electron chi connectivity index (χ2n) is 5.73. The van der Waals surface area contributed by atoms with Crippen LogP contribution in [0.2, 0.25) is 0 Å². The van der Waals surface area contributed by atoms with E-state index < -0.39 is 17.8 Å². The number of ether oxygens (including phenoxy) is 2. The normalized spacial score (nSPS) is 11.2. The molecule has 2 rings (SSSR count). The van der Waals surface area contributed by atoms with Crippen molar-refractivity contribution in [3.63, 3.8) is 0 Å². The van der Waals surface area contributed by atoms with Crippen LogP contribution in [0.5, 0.6) is 5.75 Å². The highest BCUT2D eigenvalue weighted by molar-refractivity contribution is 5.85. The maximum absolute atomic E-state index is 13.0. The fourth-order valence-electron chi connectivity index (χ4n) is 2.42. The topological polar surface area (TPSA) is 47.6 Å². The Labute approximate surface area is 149 Å². The van der Waals surface area contributed by atoms with E-state index in [0.717, 1.165) is 29.7 Å². The highest BCUT2D eigenvalue weighted by atomic mass is 19.4. The van der Waals surface area contributed by atoms with Gasteiger partial charge in [0.1, 0.15) is 12.4 Å². The van der Waals surface area contributed by atoms with Crippen molar-refractivity contribution in [3.05, 3.63) is 58.7 Å². The number of benzene rings is 2. The van der Waals surface area contributed by atoms with E-state index in [1.54, 1.807) is 6.07 Å². The van der Waals surface area contributed by atoms with Gasteiger partial charge in [-0.3, -0.25) is 5.32 Å². The van der Waals surface area contributed by atoms with Gasteiger partial charge in [-0.1, -0.05) is 19.1 Å². The Morgan fingerprint density at radius 1 is 1.15 bits per heavy atom. The molecule has 2 aromatic rings. The van der Waals surface area contributed by atoms with Crippen LogP contribution in [0, 0.1) is 6.92 Å². The largest absolute Gasteiger partial charge is 0.489 e. The van der Waals surface area contributed by atoms with Crippen molar-refractivity contribution in [2.45, 2.75) is 33.1 Å². The first-order valence-corrected chi connectivity index (χ1v) is 8.02. The van der Waals surface area contributed by atoms with Crippen LogP contribution in [0.1, 0.15) is 29.2 Å². The van der Waals surface area contributed by atoms with Crippen molar-refractivity contribution < 1.29 is 27.4 Å². The van der Waals surface area contributed by atoms with E-state index in [1.165, 1.54) is 13.2 Å². The molecule has 4 nitrogen and oxygen atoms in total. The number of carbonyl (C=O) groups excluding carboxylic acids is 1. The zero-order valence-corrected chi connectivity index (χ0v) is 14.7. The fourth-order valence-corrected chi connectivity index (χ4v) is 2.42. The van der Waals surface area contributed by atoms with Crippen LogP contribution in [0.4, 0.5) is 23.7 Å². The quantitative estimate of drug-likeness (QED) is 0.777. The van der Waals surface area contributed by atoms with Crippen LogP contribution in [-0.2, 0) is 23.9 Å². The Bertz CT molecular complexity index is 788. The van der Waals surface area contributed by atoms with Crippen molar-refractivity contribution in [2.75, 3.05) is 12.4 Å². The average molecular weight is 367 g/mol. The van der Waals surface area contributed by atoms with Gasteiger partial charge in [-0.15, -0.1) is 0 Å². The zero-order valence-electron chi connectivity index (χ0n) is 14.7. The third-order valence-corrected chi connectivity index (χ3v) is 3.89. The summed E-state index contributed by atoms with van der Waals surface area (Å²) in [4.78, 5) is 11.4. The lowest BCUT2D eigenvalue weighted by molar-refractivity contribution is -0.137. The number of aryl methyl sites for hydroxylation is 2. The van der Waals surface area contributed by atoms with Gasteiger partial charge in [0.2, 0.25) is 0 Å². The molecular weight excluding hydrogens is 347 g/mol. The van der Waals surface area contributed by atoms with E-state index in [4.69, 9.17) is 4.74 Å². The Balaban J connectivity index is 2.28. The lowest BCUT2D eigenvalue weighted by Gasteiger charge is -2.16. The molecule has 0 aliphatic rings. The minimum absolute atomic E-state index is 0.129. The van der Waals surface area contributed by atoms with E-state index in [1.807, 2.05) is 26.0 Å². The van der Waals surface area contributed by atoms with Crippen molar-refractivity contribution in [2.24, 2.45) is 0 Å². The van der Waals surface area contributed by atoms with Gasteiger partial charge in [0.25, 0.3) is 0 Å². The van der Waals surface area contributed by atoms with Gasteiger partial charge in [0.15, 0.2) is 0 Å². The van der Waals surface area contributed by atoms with E-state index in [0.29, 0.717) is 5.75 Å². The Morgan fingerprint density at radius 3 is 2.46 bits per heavy atom. The predicted molar refractivity (Wildman–Crippen MR) is 92.4 cm³/mol. The summed E-state index contributed by atoms with van der Waals surface area (Å²) in [7, 11) is 1.17. The van der Waals surface area contributed by atoms with Gasteiger partial charge in [-0.25, -0.2) is 4.79 Å². The van der Waals surface area contributed by atoms with E-state index >= 15 is 0 Å². The summed E-state index contributed by atoms with van der Waals surface area (Å²) < 4.78 is 49.1. The third kappa shape index (κ3) is 4.91. The van der Waals surface area contributed by atoms with Gasteiger partial charge < -0.3 is 9.47 Å². The maximum atomic E-state index is 13.0. The molecule has 0 aromatic heterocycles. The molecule has 0 saturated heterocycles. The first-order chi connectivity index (χ1) is 12.2. The molecule has 0 aliphatic carbocycles. The third-order valence-electron chi connectivity index (χ3n) is 3.89. The predicted octanol–water partition coefficient (Wildman–Crippen LogP) is 5.33. The first kappa shape index (κ1) is 19.6. The number of halogens is 3. The molecule has 0 fully saturated rings. The maximum Gasteiger partial charge on any atom is 0.416 e. The van der Waals surface area contributed by atoms with Gasteiger partial charge in [-0.05, 0) is 48.7 Å². The van der Waals surface area contributed by atoms with Crippen LogP contribution in [0.25, 0.3) is 0 Å². The summed E-state index contributed by atoms with van der Waals surface area (Å²) in [6, 6.07) is 8.70. The highest BCUT2D eigenvalue weighted by Crippen LogP contribution is 2.32. The summed E-state index contributed by atoms with van der Waals surface area (Å²) in [6.45, 7) is 3.77. The number of alkyl halides is 3. The molecule has 0 saturated carbocycles. The highest BCUT2D eigenvalue weighted by Gasteiger charge is 2.31. The molecular formula is C19H20F3NO3. The summed E-state index contributed by atoms with van der Waals surface area (Å²) in [5.41, 5.74) is 1.61. The number of rotatable bonds is 5. The molecule has 0 atom stereocenters. The average Bonchev–Trinajstić information content (AvgIpc) is 2.60. The SMILES string of the molecule is CCc1ccc(OCc2cc(C(F)(F)F)ccc2NC(=O)OC)c(C)c1. The van der Waals surface area contributed by atoms with Crippen LogP contribution in [0.15, 0.2) is 36.4 Å². The number of nitrogens with one attached hydrogen (secondary N) is 1. The molecule has 1 amide bonds. The Morgan fingerprint density at radius 2 is 1.88 bits per heavy atom. The second kappa shape index (κ2) is 8.12. The number of hydrogen-bond acceptors (Lipinski definition) is 3. The monoisotopic (exact) mass is 367 g/mol. The van der Waals surface area contributed by atoms with Crippen LogP contribution >= 0.6 is 0 Å². The van der Waals surface area contributed by atoms with Crippen LogP contribution in [-0.4, -0.2) is 13.2 Å². The summed E-state index contributed by atoms with van der Waals surface area (Å²) in [6.07, 6.45) is -4.38. The molecule has 1 N–H and O–H groups in total. The number of anilines is 1. The first-order valence-electron chi connectivity index (χ1n) is 8.02. The van der Waals surface area contributed by atoms with Gasteiger partial charge >= 0.3 is 12.3 Å². The fraction of sp³-hybridized carbons (Fsp3) is 0.316. The van der Waals surface area contributed by atoms with E-state index in [9.17, 15) is 18.0 Å². The summed E-state index contributed by atoms with van der Waals surface area (Å²) >= 11 is 0. The summed E-state index contributed by atoms with van der Waals surface area (Å²) in [5, 5.41) is 2.40. The molecule has 0 radical (unpaired) electrons. The molecule has 26 heavy (non-hydrogen) atoms. The Kier molecular flexibility index (Phi) is 6.13. The summed E-state index contributed by atoms with van der Waals surface area (Å²) in [5.74, 6) is 0.573. The molecule has 0 spiro atoms. The van der Waals surface area contributed by atoms with Crippen molar-refractivity contribution in [3.8, 4) is 5.75 Å². The molecule has 2 aromatic carbocycles. The lowest BCUT2D eigenvalue weighted by Crippen LogP contribution is -2.15. The minimum atomic E-state index is -4.49. The Hall–Kier alpha value is -2.70. The lowest BCUT2D eigenvalue weighted by atomic mass is 10.1. The van der Waals surface area contributed by atoms with Crippen molar-refractivity contribution >= 4 is 11.8 Å². The van der Waals surface area contributed by atoms with E-state index in [-0.39, 0.29) is 17.9 Å².